The number of hydrogen-bond donors (Lipinski definition) is 4. The molecule has 1 atom stereocenters. The molecule has 116 valence electrons. The van der Waals surface area contributed by atoms with E-state index in [1.165, 1.54) is 5.56 Å². The summed E-state index contributed by atoms with van der Waals surface area (Å²) in [4.78, 5) is 0. The standard InChI is InChI=1S/C14H19N7O/c1-8-6-9(11-7-22-5-4-17-11)2-3-10(8)18-19-12-13(15)20-21-14(12)16/h2-3,6,11,17H,4-5,7H2,1H3,(H5,15,16,20,21). The molecule has 6 N–H and O–H groups in total. The van der Waals surface area contributed by atoms with Crippen molar-refractivity contribution in [1.29, 1.82) is 0 Å². The van der Waals surface area contributed by atoms with E-state index < -0.39 is 0 Å². The van der Waals surface area contributed by atoms with Crippen LogP contribution in [0, 0.1) is 6.92 Å². The van der Waals surface area contributed by atoms with Gasteiger partial charge in [-0.25, -0.2) is 0 Å². The average Bonchev–Trinajstić information content (AvgIpc) is 2.86. The lowest BCUT2D eigenvalue weighted by atomic mass is 10.0. The molecule has 1 saturated heterocycles. The Balaban J connectivity index is 1.80. The van der Waals surface area contributed by atoms with Gasteiger partial charge >= 0.3 is 0 Å². The van der Waals surface area contributed by atoms with E-state index in [1.807, 2.05) is 19.1 Å². The molecule has 0 spiro atoms. The van der Waals surface area contributed by atoms with E-state index >= 15 is 0 Å². The Kier molecular flexibility index (Phi) is 4.03. The van der Waals surface area contributed by atoms with Crippen molar-refractivity contribution in [3.63, 3.8) is 0 Å². The molecule has 22 heavy (non-hydrogen) atoms. The molecule has 0 bridgehead atoms. The quantitative estimate of drug-likeness (QED) is 0.644. The Hall–Kier alpha value is -2.45. The fraction of sp³-hybridized carbons (Fsp3) is 0.357. The molecule has 1 unspecified atom stereocenters. The fourth-order valence-corrected chi connectivity index (χ4v) is 2.36. The number of anilines is 2. The predicted octanol–water partition coefficient (Wildman–Crippen LogP) is 1.96. The van der Waals surface area contributed by atoms with Crippen LogP contribution in [-0.4, -0.2) is 30.0 Å². The molecule has 8 nitrogen and oxygen atoms in total. The van der Waals surface area contributed by atoms with Crippen molar-refractivity contribution in [2.45, 2.75) is 13.0 Å². The van der Waals surface area contributed by atoms with Gasteiger partial charge in [0.25, 0.3) is 0 Å². The smallest absolute Gasteiger partial charge is 0.175 e. The van der Waals surface area contributed by atoms with Crippen molar-refractivity contribution < 1.29 is 4.74 Å². The molecule has 1 aliphatic rings. The van der Waals surface area contributed by atoms with E-state index in [0.29, 0.717) is 18.1 Å². The average molecular weight is 301 g/mol. The summed E-state index contributed by atoms with van der Waals surface area (Å²) in [7, 11) is 0. The van der Waals surface area contributed by atoms with Gasteiger partial charge in [-0.2, -0.15) is 10.2 Å². The van der Waals surface area contributed by atoms with Crippen molar-refractivity contribution in [2.24, 2.45) is 10.2 Å². The van der Waals surface area contributed by atoms with Crippen LogP contribution in [0.3, 0.4) is 0 Å². The third-order valence-corrected chi connectivity index (χ3v) is 3.60. The van der Waals surface area contributed by atoms with Gasteiger partial charge in [0, 0.05) is 6.54 Å². The van der Waals surface area contributed by atoms with Gasteiger partial charge in [-0.15, -0.1) is 5.11 Å². The number of aryl methyl sites for hydroxylation is 1. The van der Waals surface area contributed by atoms with E-state index in [0.717, 1.165) is 24.4 Å². The minimum absolute atomic E-state index is 0.221. The number of morpholine rings is 1. The zero-order chi connectivity index (χ0) is 15.5. The van der Waals surface area contributed by atoms with Crippen molar-refractivity contribution in [3.8, 4) is 0 Å². The van der Waals surface area contributed by atoms with Crippen LogP contribution in [0.2, 0.25) is 0 Å². The second-order valence-electron chi connectivity index (χ2n) is 5.20. The molecular formula is C14H19N7O. The van der Waals surface area contributed by atoms with Crippen molar-refractivity contribution in [2.75, 3.05) is 31.2 Å². The molecule has 8 heteroatoms. The van der Waals surface area contributed by atoms with E-state index in [1.54, 1.807) is 0 Å². The van der Waals surface area contributed by atoms with Gasteiger partial charge in [0.2, 0.25) is 0 Å². The second kappa shape index (κ2) is 6.12. The number of rotatable bonds is 3. The number of azo groups is 1. The maximum absolute atomic E-state index is 5.69. The number of nitrogens with zero attached hydrogens (tertiary/aromatic N) is 3. The van der Waals surface area contributed by atoms with Crippen LogP contribution >= 0.6 is 0 Å². The van der Waals surface area contributed by atoms with E-state index in [2.05, 4.69) is 31.8 Å². The lowest BCUT2D eigenvalue weighted by Gasteiger charge is -2.24. The topological polar surface area (TPSA) is 127 Å². The van der Waals surface area contributed by atoms with Crippen LogP contribution in [0.25, 0.3) is 0 Å². The zero-order valence-corrected chi connectivity index (χ0v) is 12.3. The summed E-state index contributed by atoms with van der Waals surface area (Å²) in [6.45, 7) is 4.30. The summed E-state index contributed by atoms with van der Waals surface area (Å²) >= 11 is 0. The van der Waals surface area contributed by atoms with Gasteiger partial charge in [-0.3, -0.25) is 5.10 Å². The van der Waals surface area contributed by atoms with Crippen LogP contribution in [0.15, 0.2) is 28.4 Å². The third-order valence-electron chi connectivity index (χ3n) is 3.60. The van der Waals surface area contributed by atoms with Gasteiger partial charge in [0.05, 0.1) is 24.9 Å². The van der Waals surface area contributed by atoms with Gasteiger partial charge in [0.1, 0.15) is 5.82 Å². The maximum atomic E-state index is 5.69. The molecule has 0 saturated carbocycles. The van der Waals surface area contributed by atoms with Gasteiger partial charge in [-0.1, -0.05) is 12.1 Å². The van der Waals surface area contributed by atoms with Crippen molar-refractivity contribution in [3.05, 3.63) is 29.3 Å². The zero-order valence-electron chi connectivity index (χ0n) is 12.3. The number of nitrogens with two attached hydrogens (primary N) is 2. The second-order valence-corrected chi connectivity index (χ2v) is 5.20. The Bertz CT molecular complexity index is 669. The van der Waals surface area contributed by atoms with Crippen LogP contribution < -0.4 is 16.8 Å². The van der Waals surface area contributed by atoms with Crippen LogP contribution in [0.4, 0.5) is 23.0 Å². The molecule has 1 aromatic heterocycles. The molecule has 0 radical (unpaired) electrons. The first-order chi connectivity index (χ1) is 10.6. The number of nitrogens with one attached hydrogen (secondary N) is 2. The Morgan fingerprint density at radius 2 is 2.18 bits per heavy atom. The highest BCUT2D eigenvalue weighted by molar-refractivity contribution is 5.70. The molecule has 0 aliphatic carbocycles. The third kappa shape index (κ3) is 2.92. The maximum Gasteiger partial charge on any atom is 0.175 e. The molecule has 1 aliphatic heterocycles. The van der Waals surface area contributed by atoms with Crippen LogP contribution in [-0.2, 0) is 4.74 Å². The number of nitrogen functional groups attached to an aromatic ring is 2. The number of benzene rings is 1. The summed E-state index contributed by atoms with van der Waals surface area (Å²) in [5.74, 6) is 0.540. The molecular weight excluding hydrogens is 282 g/mol. The summed E-state index contributed by atoms with van der Waals surface area (Å²) in [5.41, 5.74) is 14.7. The van der Waals surface area contributed by atoms with E-state index in [9.17, 15) is 0 Å². The Labute approximate surface area is 127 Å². The number of aromatic nitrogens is 2. The first-order valence-electron chi connectivity index (χ1n) is 7.08. The summed E-state index contributed by atoms with van der Waals surface area (Å²) in [5, 5.41) is 18.1. The number of aromatic amines is 1. The minimum Gasteiger partial charge on any atom is -0.382 e. The summed E-state index contributed by atoms with van der Waals surface area (Å²) < 4.78 is 5.49. The highest BCUT2D eigenvalue weighted by Gasteiger charge is 2.15. The predicted molar refractivity (Wildman–Crippen MR) is 84.3 cm³/mol. The number of hydrogen-bond acceptors (Lipinski definition) is 7. The van der Waals surface area contributed by atoms with Crippen molar-refractivity contribution in [1.82, 2.24) is 15.5 Å². The van der Waals surface area contributed by atoms with E-state index in [4.69, 9.17) is 16.2 Å². The molecule has 1 aromatic carbocycles. The molecule has 1 fully saturated rings. The van der Waals surface area contributed by atoms with Gasteiger partial charge in [-0.05, 0) is 24.1 Å². The van der Waals surface area contributed by atoms with Gasteiger partial charge in [0.15, 0.2) is 11.5 Å². The molecule has 3 rings (SSSR count). The lowest BCUT2D eigenvalue weighted by molar-refractivity contribution is 0.0769. The highest BCUT2D eigenvalue weighted by Crippen LogP contribution is 2.30. The minimum atomic E-state index is 0.221. The SMILES string of the molecule is Cc1cc(C2COCCN2)ccc1N=Nc1c(N)n[nH]c1N. The Morgan fingerprint density at radius 3 is 2.82 bits per heavy atom. The normalized spacial score (nSPS) is 18.9. The highest BCUT2D eigenvalue weighted by atomic mass is 16.5. The molecule has 0 amide bonds. The van der Waals surface area contributed by atoms with E-state index in [-0.39, 0.29) is 11.9 Å². The van der Waals surface area contributed by atoms with Crippen molar-refractivity contribution >= 4 is 23.0 Å². The monoisotopic (exact) mass is 301 g/mol. The summed E-state index contributed by atoms with van der Waals surface area (Å²) in [6, 6.07) is 6.26. The molecule has 2 heterocycles. The number of H-pyrrole nitrogens is 1. The largest absolute Gasteiger partial charge is 0.382 e. The molecule has 2 aromatic rings. The first-order valence-corrected chi connectivity index (χ1v) is 7.08. The van der Waals surface area contributed by atoms with Gasteiger partial charge < -0.3 is 21.5 Å². The first kappa shape index (κ1) is 14.5. The fourth-order valence-electron chi connectivity index (χ4n) is 2.36. The van der Waals surface area contributed by atoms with Crippen LogP contribution in [0.5, 0.6) is 0 Å². The Morgan fingerprint density at radius 1 is 1.32 bits per heavy atom. The number of ether oxygens (including phenoxy) is 1. The lowest BCUT2D eigenvalue weighted by Crippen LogP contribution is -2.34. The van der Waals surface area contributed by atoms with Crippen LogP contribution in [0.1, 0.15) is 17.2 Å². The summed E-state index contributed by atoms with van der Waals surface area (Å²) in [6.07, 6.45) is 0.